The molecule has 9 heteroatoms. The summed E-state index contributed by atoms with van der Waals surface area (Å²) < 4.78 is 21.6. The Morgan fingerprint density at radius 2 is 2.22 bits per heavy atom. The molecule has 0 saturated carbocycles. The number of aryl methyl sites for hydroxylation is 2. The first-order valence-corrected chi connectivity index (χ1v) is 11.4. The number of imidazole rings is 1. The zero-order chi connectivity index (χ0) is 22.9. The highest BCUT2D eigenvalue weighted by molar-refractivity contribution is 7.17. The first-order chi connectivity index (χ1) is 15.3. The highest BCUT2D eigenvalue weighted by atomic mass is 32.1. The van der Waals surface area contributed by atoms with E-state index in [0.29, 0.717) is 43.5 Å². The Bertz CT molecular complexity index is 1170. The van der Waals surface area contributed by atoms with Crippen LogP contribution < -0.4 is 15.4 Å². The minimum atomic E-state index is -0.646. The molecule has 0 spiro atoms. The van der Waals surface area contributed by atoms with Crippen LogP contribution in [-0.4, -0.2) is 33.8 Å². The summed E-state index contributed by atoms with van der Waals surface area (Å²) in [5.41, 5.74) is 1.78. The summed E-state index contributed by atoms with van der Waals surface area (Å²) in [6.45, 7) is 4.45. The molecular formula is C23H27FN4O3S. The van der Waals surface area contributed by atoms with E-state index in [0.717, 1.165) is 16.3 Å². The van der Waals surface area contributed by atoms with Crippen molar-refractivity contribution in [3.63, 3.8) is 0 Å². The van der Waals surface area contributed by atoms with Crippen molar-refractivity contribution in [3.8, 4) is 5.75 Å². The minimum absolute atomic E-state index is 0.0718. The third kappa shape index (κ3) is 4.62. The third-order valence-corrected chi connectivity index (χ3v) is 7.23. The van der Waals surface area contributed by atoms with Gasteiger partial charge in [0, 0.05) is 35.1 Å². The monoisotopic (exact) mass is 458 g/mol. The number of carbonyl (C=O) groups is 2. The summed E-state index contributed by atoms with van der Waals surface area (Å²) in [6.07, 6.45) is 3.84. The van der Waals surface area contributed by atoms with Gasteiger partial charge in [0.2, 0.25) is 11.8 Å². The topological polar surface area (TPSA) is 84.7 Å². The van der Waals surface area contributed by atoms with Gasteiger partial charge in [0.05, 0.1) is 19.3 Å². The SMILES string of the molecule is COc1ccc(F)c(C[C@]2(CCC(=O)NCc3cn4c(C)c(C)sc4n3)CCC(=O)N2)c1. The molecule has 3 aromatic rings. The van der Waals surface area contributed by atoms with Gasteiger partial charge < -0.3 is 15.4 Å². The van der Waals surface area contributed by atoms with Crippen LogP contribution in [0.1, 0.15) is 47.5 Å². The lowest BCUT2D eigenvalue weighted by atomic mass is 9.84. The number of fused-ring (bicyclic) bond motifs is 1. The Balaban J connectivity index is 1.38. The van der Waals surface area contributed by atoms with Crippen molar-refractivity contribution in [2.75, 3.05) is 7.11 Å². The average Bonchev–Trinajstić information content (AvgIpc) is 3.42. The second kappa shape index (κ2) is 8.90. The van der Waals surface area contributed by atoms with Crippen LogP contribution >= 0.6 is 11.3 Å². The van der Waals surface area contributed by atoms with Crippen molar-refractivity contribution in [2.24, 2.45) is 0 Å². The summed E-state index contributed by atoms with van der Waals surface area (Å²) in [7, 11) is 1.53. The van der Waals surface area contributed by atoms with Crippen LogP contribution in [0.15, 0.2) is 24.4 Å². The Morgan fingerprint density at radius 3 is 2.91 bits per heavy atom. The van der Waals surface area contributed by atoms with Crippen molar-refractivity contribution in [1.82, 2.24) is 20.0 Å². The van der Waals surface area contributed by atoms with Crippen molar-refractivity contribution in [3.05, 3.63) is 52.0 Å². The second-order valence-electron chi connectivity index (χ2n) is 8.37. The second-order valence-corrected chi connectivity index (χ2v) is 9.55. The molecule has 2 amide bonds. The lowest BCUT2D eigenvalue weighted by Gasteiger charge is -2.29. The van der Waals surface area contributed by atoms with Gasteiger partial charge in [-0.05, 0) is 56.9 Å². The maximum absolute atomic E-state index is 14.4. The fourth-order valence-corrected chi connectivity index (χ4v) is 5.15. The van der Waals surface area contributed by atoms with E-state index in [2.05, 4.69) is 22.5 Å². The molecule has 1 saturated heterocycles. The number of aromatic nitrogens is 2. The summed E-state index contributed by atoms with van der Waals surface area (Å²) in [5.74, 6) is 0.0171. The van der Waals surface area contributed by atoms with E-state index < -0.39 is 5.54 Å². The van der Waals surface area contributed by atoms with Crippen LogP contribution in [0.3, 0.4) is 0 Å². The van der Waals surface area contributed by atoms with Gasteiger partial charge in [-0.1, -0.05) is 0 Å². The van der Waals surface area contributed by atoms with E-state index in [-0.39, 0.29) is 24.1 Å². The summed E-state index contributed by atoms with van der Waals surface area (Å²) in [5, 5.41) is 5.91. The number of halogens is 1. The van der Waals surface area contributed by atoms with E-state index in [1.165, 1.54) is 18.1 Å². The number of amides is 2. The van der Waals surface area contributed by atoms with Crippen molar-refractivity contribution >= 4 is 28.1 Å². The molecule has 0 unspecified atom stereocenters. The van der Waals surface area contributed by atoms with Crippen molar-refractivity contribution in [1.29, 1.82) is 0 Å². The van der Waals surface area contributed by atoms with Gasteiger partial charge in [-0.15, -0.1) is 11.3 Å². The molecular weight excluding hydrogens is 431 g/mol. The van der Waals surface area contributed by atoms with Gasteiger partial charge in [0.1, 0.15) is 11.6 Å². The predicted octanol–water partition coefficient (Wildman–Crippen LogP) is 3.45. The van der Waals surface area contributed by atoms with E-state index >= 15 is 0 Å². The zero-order valence-electron chi connectivity index (χ0n) is 18.5. The molecule has 1 aliphatic rings. The largest absolute Gasteiger partial charge is 0.497 e. The van der Waals surface area contributed by atoms with Gasteiger partial charge in [-0.25, -0.2) is 9.37 Å². The Morgan fingerprint density at radius 1 is 1.41 bits per heavy atom. The number of rotatable bonds is 8. The van der Waals surface area contributed by atoms with Gasteiger partial charge in [0.25, 0.3) is 0 Å². The third-order valence-electron chi connectivity index (χ3n) is 6.15. The predicted molar refractivity (Wildman–Crippen MR) is 120 cm³/mol. The van der Waals surface area contributed by atoms with Crippen molar-refractivity contribution < 1.29 is 18.7 Å². The van der Waals surface area contributed by atoms with Crippen LogP contribution in [0.5, 0.6) is 5.75 Å². The molecule has 0 bridgehead atoms. The van der Waals surface area contributed by atoms with Crippen LogP contribution in [0.25, 0.3) is 4.96 Å². The maximum atomic E-state index is 14.4. The highest BCUT2D eigenvalue weighted by Gasteiger charge is 2.38. The molecule has 1 aliphatic heterocycles. The van der Waals surface area contributed by atoms with E-state index in [1.54, 1.807) is 23.5 Å². The number of nitrogens with zero attached hydrogens (tertiary/aromatic N) is 2. The van der Waals surface area contributed by atoms with Crippen LogP contribution in [0.4, 0.5) is 4.39 Å². The number of thiazole rings is 1. The molecule has 3 heterocycles. The molecule has 4 rings (SSSR count). The molecule has 2 aromatic heterocycles. The minimum Gasteiger partial charge on any atom is -0.497 e. The maximum Gasteiger partial charge on any atom is 0.220 e. The summed E-state index contributed by atoms with van der Waals surface area (Å²) in [4.78, 5) is 31.2. The van der Waals surface area contributed by atoms with Crippen LogP contribution in [-0.2, 0) is 22.6 Å². The number of hydrogen-bond donors (Lipinski definition) is 2. The molecule has 2 N–H and O–H groups in total. The van der Waals surface area contributed by atoms with Crippen LogP contribution in [0, 0.1) is 19.7 Å². The Kier molecular flexibility index (Phi) is 6.19. The molecule has 1 fully saturated rings. The first-order valence-electron chi connectivity index (χ1n) is 10.6. The number of carbonyl (C=O) groups excluding carboxylic acids is 2. The van der Waals surface area contributed by atoms with Crippen LogP contribution in [0.2, 0.25) is 0 Å². The van der Waals surface area contributed by atoms with Gasteiger partial charge in [0.15, 0.2) is 4.96 Å². The zero-order valence-corrected chi connectivity index (χ0v) is 19.3. The molecule has 0 aliphatic carbocycles. The molecule has 0 radical (unpaired) electrons. The van der Waals surface area contributed by atoms with Crippen molar-refractivity contribution in [2.45, 2.75) is 58.0 Å². The highest BCUT2D eigenvalue weighted by Crippen LogP contribution is 2.31. The Hall–Kier alpha value is -2.94. The summed E-state index contributed by atoms with van der Waals surface area (Å²) in [6, 6.07) is 4.58. The number of benzene rings is 1. The quantitative estimate of drug-likeness (QED) is 0.542. The Labute approximate surface area is 190 Å². The van der Waals surface area contributed by atoms with Gasteiger partial charge in [-0.2, -0.15) is 0 Å². The lowest BCUT2D eigenvalue weighted by molar-refractivity contribution is -0.122. The lowest BCUT2D eigenvalue weighted by Crippen LogP contribution is -2.44. The first kappa shape index (κ1) is 22.3. The smallest absolute Gasteiger partial charge is 0.220 e. The summed E-state index contributed by atoms with van der Waals surface area (Å²) >= 11 is 1.62. The average molecular weight is 459 g/mol. The van der Waals surface area contributed by atoms with E-state index in [9.17, 15) is 14.0 Å². The number of methoxy groups -OCH3 is 1. The molecule has 1 atom stereocenters. The normalized spacial score (nSPS) is 18.2. The van der Waals surface area contributed by atoms with E-state index in [1.807, 2.05) is 17.5 Å². The van der Waals surface area contributed by atoms with Gasteiger partial charge in [-0.3, -0.25) is 14.0 Å². The van der Waals surface area contributed by atoms with Gasteiger partial charge >= 0.3 is 0 Å². The molecule has 32 heavy (non-hydrogen) atoms. The number of nitrogens with one attached hydrogen (secondary N) is 2. The standard InChI is InChI=1S/C23H27FN4O3S/c1-14-15(2)32-22-26-17(13-28(14)22)12-25-20(29)6-8-23(9-7-21(30)27-23)11-16-10-18(31-3)4-5-19(16)24/h4-5,10,13H,6-9,11-12H2,1-3H3,(H,25,29)(H,27,30)/t23-/m0/s1. The molecule has 7 nitrogen and oxygen atoms in total. The fraction of sp³-hybridized carbons (Fsp3) is 0.435. The van der Waals surface area contributed by atoms with E-state index in [4.69, 9.17) is 4.74 Å². The molecule has 1 aromatic carbocycles. The number of ether oxygens (including phenoxy) is 1. The molecule has 170 valence electrons. The number of hydrogen-bond acceptors (Lipinski definition) is 5. The fourth-order valence-electron chi connectivity index (χ4n) is 4.18.